The van der Waals surface area contributed by atoms with Crippen LogP contribution in [-0.4, -0.2) is 22.9 Å². The molecule has 2 rings (SSSR count). The summed E-state index contributed by atoms with van der Waals surface area (Å²) in [5.41, 5.74) is 2.87. The molecular weight excluding hydrogens is 272 g/mol. The number of hydrogen-bond acceptors (Lipinski definition) is 2. The van der Waals surface area contributed by atoms with Gasteiger partial charge in [0.1, 0.15) is 0 Å². The number of aliphatic hydroxyl groups is 2. The molecule has 0 radical (unpaired) electrons. The third-order valence-corrected chi connectivity index (χ3v) is 6.50. The zero-order valence-corrected chi connectivity index (χ0v) is 14.9. The van der Waals surface area contributed by atoms with Crippen molar-refractivity contribution < 1.29 is 10.2 Å². The molecule has 2 N–H and O–H groups in total. The topological polar surface area (TPSA) is 40.5 Å². The number of allylic oxidation sites excluding steroid dienone is 1. The van der Waals surface area contributed by atoms with Gasteiger partial charge in [-0.3, -0.25) is 0 Å². The lowest BCUT2D eigenvalue weighted by molar-refractivity contribution is -0.121. The molecule has 0 aliphatic heterocycles. The Hall–Kier alpha value is -0.600. The van der Waals surface area contributed by atoms with Gasteiger partial charge in [0.2, 0.25) is 0 Å². The summed E-state index contributed by atoms with van der Waals surface area (Å²) < 4.78 is 0. The molecule has 0 heterocycles. The van der Waals surface area contributed by atoms with Gasteiger partial charge in [0.25, 0.3) is 0 Å². The number of rotatable bonds is 4. The molecule has 2 heteroatoms. The van der Waals surface area contributed by atoms with E-state index < -0.39 is 0 Å². The van der Waals surface area contributed by atoms with Crippen molar-refractivity contribution in [3.63, 3.8) is 0 Å². The molecule has 2 aliphatic carbocycles. The molecule has 0 aromatic carbocycles. The lowest BCUT2D eigenvalue weighted by atomic mass is 9.46. The zero-order valence-electron chi connectivity index (χ0n) is 14.9. The van der Waals surface area contributed by atoms with Gasteiger partial charge in [0.05, 0.1) is 12.7 Å². The smallest absolute Gasteiger partial charge is 0.0615 e. The molecular formula is C20H34O2. The second-order valence-electron chi connectivity index (χ2n) is 8.58. The first kappa shape index (κ1) is 17.7. The Kier molecular flexibility index (Phi) is 5.23. The van der Waals surface area contributed by atoms with Crippen molar-refractivity contribution >= 4 is 0 Å². The van der Waals surface area contributed by atoms with E-state index in [0.29, 0.717) is 11.8 Å². The largest absolute Gasteiger partial charge is 0.392 e. The van der Waals surface area contributed by atoms with E-state index in [0.717, 1.165) is 19.3 Å². The lowest BCUT2D eigenvalue weighted by Crippen LogP contribution is -2.55. The van der Waals surface area contributed by atoms with E-state index >= 15 is 0 Å². The molecule has 2 aliphatic rings. The Morgan fingerprint density at radius 1 is 1.32 bits per heavy atom. The predicted molar refractivity (Wildman–Crippen MR) is 92.6 cm³/mol. The van der Waals surface area contributed by atoms with Gasteiger partial charge < -0.3 is 10.2 Å². The van der Waals surface area contributed by atoms with Crippen LogP contribution >= 0.6 is 0 Å². The minimum Gasteiger partial charge on any atom is -0.392 e. The van der Waals surface area contributed by atoms with Crippen LogP contribution in [0.5, 0.6) is 0 Å². The third kappa shape index (κ3) is 3.19. The normalized spacial score (nSPS) is 38.7. The minimum absolute atomic E-state index is 0.128. The molecule has 0 spiro atoms. The van der Waals surface area contributed by atoms with Crippen LogP contribution in [0.3, 0.4) is 0 Å². The maximum absolute atomic E-state index is 10.7. The van der Waals surface area contributed by atoms with Crippen LogP contribution < -0.4 is 0 Å². The molecule has 0 amide bonds. The summed E-state index contributed by atoms with van der Waals surface area (Å²) in [6, 6.07) is 0. The molecule has 0 bridgehead atoms. The molecule has 2 fully saturated rings. The quantitative estimate of drug-likeness (QED) is 0.752. The van der Waals surface area contributed by atoms with Gasteiger partial charge in [-0.05, 0) is 61.7 Å². The average molecular weight is 306 g/mol. The van der Waals surface area contributed by atoms with E-state index in [2.05, 4.69) is 34.3 Å². The van der Waals surface area contributed by atoms with Crippen molar-refractivity contribution in [2.24, 2.45) is 22.7 Å². The Morgan fingerprint density at radius 3 is 2.64 bits per heavy atom. The van der Waals surface area contributed by atoms with Gasteiger partial charge in [-0.2, -0.15) is 0 Å². The van der Waals surface area contributed by atoms with Crippen LogP contribution in [0.4, 0.5) is 0 Å². The summed E-state index contributed by atoms with van der Waals surface area (Å²) in [6.45, 7) is 13.6. The zero-order chi connectivity index (χ0) is 16.5. The Labute approximate surface area is 136 Å². The fraction of sp³-hybridized carbons (Fsp3) is 0.800. The lowest BCUT2D eigenvalue weighted by Gasteiger charge is -2.59. The van der Waals surface area contributed by atoms with Gasteiger partial charge >= 0.3 is 0 Å². The molecule has 2 nitrogen and oxygen atoms in total. The fourth-order valence-electron chi connectivity index (χ4n) is 5.64. The van der Waals surface area contributed by atoms with Crippen molar-refractivity contribution in [1.82, 2.24) is 0 Å². The first-order valence-electron chi connectivity index (χ1n) is 8.84. The maximum atomic E-state index is 10.7. The summed E-state index contributed by atoms with van der Waals surface area (Å²) in [4.78, 5) is 0. The van der Waals surface area contributed by atoms with E-state index in [1.165, 1.54) is 30.4 Å². The van der Waals surface area contributed by atoms with Gasteiger partial charge in [0.15, 0.2) is 0 Å². The van der Waals surface area contributed by atoms with E-state index in [1.54, 1.807) is 0 Å². The van der Waals surface area contributed by atoms with Gasteiger partial charge in [0, 0.05) is 0 Å². The Morgan fingerprint density at radius 2 is 2.00 bits per heavy atom. The van der Waals surface area contributed by atoms with E-state index in [-0.39, 0.29) is 23.5 Å². The van der Waals surface area contributed by atoms with E-state index in [1.807, 2.05) is 6.08 Å². The van der Waals surface area contributed by atoms with Crippen molar-refractivity contribution in [2.75, 3.05) is 6.61 Å². The predicted octanol–water partition coefficient (Wildman–Crippen LogP) is 4.47. The van der Waals surface area contributed by atoms with Crippen molar-refractivity contribution in [1.29, 1.82) is 0 Å². The first-order valence-corrected chi connectivity index (χ1v) is 8.84. The number of aliphatic hydroxyl groups excluding tert-OH is 2. The maximum Gasteiger partial charge on any atom is 0.0615 e. The van der Waals surface area contributed by atoms with Gasteiger partial charge in [-0.1, -0.05) is 51.0 Å². The van der Waals surface area contributed by atoms with E-state index in [4.69, 9.17) is 5.11 Å². The summed E-state index contributed by atoms with van der Waals surface area (Å²) in [6.07, 6.45) is 8.21. The summed E-state index contributed by atoms with van der Waals surface area (Å²) in [5.74, 6) is 0.855. The monoisotopic (exact) mass is 306 g/mol. The van der Waals surface area contributed by atoms with Crippen LogP contribution in [-0.2, 0) is 0 Å². The highest BCUT2D eigenvalue weighted by molar-refractivity contribution is 5.19. The molecule has 0 aromatic rings. The second-order valence-corrected chi connectivity index (χ2v) is 8.58. The molecule has 2 saturated carbocycles. The van der Waals surface area contributed by atoms with Crippen LogP contribution in [0.1, 0.15) is 66.2 Å². The molecule has 0 saturated heterocycles. The molecule has 126 valence electrons. The highest BCUT2D eigenvalue weighted by atomic mass is 16.3. The van der Waals surface area contributed by atoms with Crippen molar-refractivity contribution in [3.05, 3.63) is 23.8 Å². The fourth-order valence-corrected chi connectivity index (χ4v) is 5.64. The molecule has 22 heavy (non-hydrogen) atoms. The summed E-state index contributed by atoms with van der Waals surface area (Å²) >= 11 is 0. The van der Waals surface area contributed by atoms with Gasteiger partial charge in [-0.25, -0.2) is 0 Å². The van der Waals surface area contributed by atoms with E-state index in [9.17, 15) is 5.11 Å². The van der Waals surface area contributed by atoms with Crippen LogP contribution in [0, 0.1) is 22.7 Å². The SMILES string of the molecule is C=C1C[C@H](O)[C@H]2C(C)(C)CCC[C@]2(C)[C@H]1CC/C(C)=C/CO. The van der Waals surface area contributed by atoms with Gasteiger partial charge in [-0.15, -0.1) is 0 Å². The average Bonchev–Trinajstić information content (AvgIpc) is 2.36. The highest BCUT2D eigenvalue weighted by Crippen LogP contribution is 2.61. The molecule has 4 atom stereocenters. The van der Waals surface area contributed by atoms with Crippen LogP contribution in [0.25, 0.3) is 0 Å². The molecule has 0 unspecified atom stereocenters. The summed E-state index contributed by atoms with van der Waals surface area (Å²) in [5, 5.41) is 19.8. The highest BCUT2D eigenvalue weighted by Gasteiger charge is 2.56. The first-order chi connectivity index (χ1) is 10.2. The van der Waals surface area contributed by atoms with Crippen LogP contribution in [0.15, 0.2) is 23.8 Å². The minimum atomic E-state index is -0.238. The number of fused-ring (bicyclic) bond motifs is 1. The summed E-state index contributed by atoms with van der Waals surface area (Å²) in [7, 11) is 0. The van der Waals surface area contributed by atoms with Crippen molar-refractivity contribution in [3.8, 4) is 0 Å². The second kappa shape index (κ2) is 6.49. The molecule has 0 aromatic heterocycles. The number of hydrogen-bond donors (Lipinski definition) is 2. The Balaban J connectivity index is 2.24. The van der Waals surface area contributed by atoms with Crippen molar-refractivity contribution in [2.45, 2.75) is 72.3 Å². The Bertz CT molecular complexity index is 449. The third-order valence-electron chi connectivity index (χ3n) is 6.50. The van der Waals surface area contributed by atoms with Crippen LogP contribution in [0.2, 0.25) is 0 Å². The standard InChI is InChI=1S/C20H34O2/c1-14(9-12-21)7-8-16-15(2)13-17(22)18-19(3,4)10-6-11-20(16,18)5/h9,16-18,21-22H,2,6-8,10-13H2,1,3-5H3/b14-9+/t16-,17-,18-,20+/m0/s1.